The fourth-order valence-electron chi connectivity index (χ4n) is 1.42. The molecule has 4 nitrogen and oxygen atoms in total. The zero-order valence-corrected chi connectivity index (χ0v) is 10.6. The van der Waals surface area contributed by atoms with Crippen molar-refractivity contribution in [1.29, 1.82) is 5.26 Å². The van der Waals surface area contributed by atoms with E-state index in [0.29, 0.717) is 10.1 Å². The third kappa shape index (κ3) is 2.21. The predicted octanol–water partition coefficient (Wildman–Crippen LogP) is 2.69. The molecule has 1 N–H and O–H groups in total. The maximum absolute atomic E-state index is 11.8. The van der Waals surface area contributed by atoms with E-state index in [0.717, 1.165) is 0 Å². The van der Waals surface area contributed by atoms with Crippen LogP contribution in [0.1, 0.15) is 5.01 Å². The maximum Gasteiger partial charge on any atom is 0.279 e. The molecule has 0 aliphatic carbocycles. The molecule has 90 valence electrons. The van der Waals surface area contributed by atoms with Crippen LogP contribution in [0.3, 0.4) is 0 Å². The number of aliphatic hydroxyl groups excluding tert-OH is 1. The van der Waals surface area contributed by atoms with Gasteiger partial charge in [0, 0.05) is 4.70 Å². The largest absolute Gasteiger partial charge is 0.510 e. The Kier molecular flexibility index (Phi) is 3.60. The van der Waals surface area contributed by atoms with Crippen LogP contribution in [0.4, 0.5) is 0 Å². The number of nitrogens with zero attached hydrogens (tertiary/aromatic N) is 2. The molecule has 0 atom stereocenters. The summed E-state index contributed by atoms with van der Waals surface area (Å²) in [4.78, 5) is 15.6. The van der Waals surface area contributed by atoms with Crippen LogP contribution in [0.5, 0.6) is 0 Å². The number of halogens is 1. The number of nitriles is 1. The van der Waals surface area contributed by atoms with Gasteiger partial charge in [0.1, 0.15) is 22.4 Å². The average molecular weight is 279 g/mol. The predicted molar refractivity (Wildman–Crippen MR) is 71.8 cm³/mol. The Hall–Kier alpha value is -1.90. The van der Waals surface area contributed by atoms with Crippen molar-refractivity contribution in [3.8, 4) is 6.07 Å². The lowest BCUT2D eigenvalue weighted by molar-refractivity contribution is 0.420. The van der Waals surface area contributed by atoms with E-state index in [9.17, 15) is 9.90 Å². The number of hydrogen-bond donors (Lipinski definition) is 1. The summed E-state index contributed by atoms with van der Waals surface area (Å²) in [6, 6.07) is 8.78. The highest BCUT2D eigenvalue weighted by atomic mass is 35.5. The first kappa shape index (κ1) is 12.6. The van der Waals surface area contributed by atoms with E-state index in [2.05, 4.69) is 4.98 Å². The molecule has 1 heterocycles. The molecular weight excluding hydrogens is 272 g/mol. The Bertz CT molecular complexity index is 731. The van der Waals surface area contributed by atoms with Crippen LogP contribution in [0, 0.1) is 11.3 Å². The van der Waals surface area contributed by atoms with Crippen LogP contribution >= 0.6 is 22.9 Å². The molecule has 0 spiro atoms. The van der Waals surface area contributed by atoms with Crippen LogP contribution in [-0.2, 0) is 0 Å². The fourth-order valence-corrected chi connectivity index (χ4v) is 2.57. The number of allylic oxidation sites excluding steroid dienone is 2. The summed E-state index contributed by atoms with van der Waals surface area (Å²) in [6.07, 6.45) is 0. The van der Waals surface area contributed by atoms with E-state index < -0.39 is 5.56 Å². The van der Waals surface area contributed by atoms with Gasteiger partial charge in [-0.25, -0.2) is 0 Å². The van der Waals surface area contributed by atoms with Gasteiger partial charge < -0.3 is 5.11 Å². The molecule has 2 aromatic rings. The van der Waals surface area contributed by atoms with Crippen LogP contribution in [0.15, 0.2) is 34.8 Å². The highest BCUT2D eigenvalue weighted by Crippen LogP contribution is 2.24. The number of aliphatic hydroxyl groups is 1. The smallest absolute Gasteiger partial charge is 0.279 e. The normalized spacial score (nSPS) is 12.0. The van der Waals surface area contributed by atoms with Crippen molar-refractivity contribution in [2.45, 2.75) is 0 Å². The van der Waals surface area contributed by atoms with Crippen LogP contribution < -0.4 is 5.56 Å². The zero-order chi connectivity index (χ0) is 13.1. The summed E-state index contributed by atoms with van der Waals surface area (Å²) in [5.74, 6) is -0.476. The van der Waals surface area contributed by atoms with E-state index in [1.54, 1.807) is 24.3 Å². The Labute approximate surface area is 111 Å². The maximum atomic E-state index is 11.8. The van der Waals surface area contributed by atoms with E-state index in [-0.39, 0.29) is 22.2 Å². The van der Waals surface area contributed by atoms with Crippen LogP contribution in [-0.4, -0.2) is 16.0 Å². The van der Waals surface area contributed by atoms with Crippen molar-refractivity contribution in [3.63, 3.8) is 0 Å². The number of aromatic nitrogens is 1. The molecule has 0 saturated carbocycles. The molecule has 0 bridgehead atoms. The summed E-state index contributed by atoms with van der Waals surface area (Å²) in [7, 11) is 0. The molecule has 0 amide bonds. The minimum atomic E-state index is -0.422. The molecule has 0 aliphatic rings. The molecule has 18 heavy (non-hydrogen) atoms. The molecule has 1 aromatic heterocycles. The van der Waals surface area contributed by atoms with Crippen molar-refractivity contribution in [1.82, 2.24) is 4.98 Å². The van der Waals surface area contributed by atoms with Gasteiger partial charge in [-0.1, -0.05) is 12.1 Å². The second-order valence-corrected chi connectivity index (χ2v) is 4.69. The van der Waals surface area contributed by atoms with Crippen LogP contribution in [0.2, 0.25) is 0 Å². The fraction of sp³-hybridized carbons (Fsp3) is 0.0833. The van der Waals surface area contributed by atoms with Gasteiger partial charge in [0.25, 0.3) is 5.56 Å². The molecule has 0 radical (unpaired) electrons. The number of fused-ring (bicyclic) bond motifs is 1. The molecule has 0 saturated heterocycles. The molecular formula is C12H7ClN2O2S. The third-order valence-electron chi connectivity index (χ3n) is 2.27. The van der Waals surface area contributed by atoms with Gasteiger partial charge in [-0.2, -0.15) is 10.2 Å². The topological polar surface area (TPSA) is 74.0 Å². The number of hydrogen-bond acceptors (Lipinski definition) is 5. The van der Waals surface area contributed by atoms with Crippen molar-refractivity contribution in [3.05, 3.63) is 45.4 Å². The lowest BCUT2D eigenvalue weighted by atomic mass is 10.2. The summed E-state index contributed by atoms with van der Waals surface area (Å²) in [5, 5.41) is 19.2. The minimum absolute atomic E-state index is 0.0575. The van der Waals surface area contributed by atoms with Gasteiger partial charge in [0.15, 0.2) is 0 Å². The van der Waals surface area contributed by atoms with Gasteiger partial charge >= 0.3 is 0 Å². The summed E-state index contributed by atoms with van der Waals surface area (Å²) in [5.41, 5.74) is -0.479. The number of benzene rings is 1. The summed E-state index contributed by atoms with van der Waals surface area (Å²) in [6.45, 7) is 0. The average Bonchev–Trinajstić information content (AvgIpc) is 2.39. The molecule has 0 aliphatic heterocycles. The van der Waals surface area contributed by atoms with Crippen molar-refractivity contribution < 1.29 is 5.11 Å². The highest BCUT2D eigenvalue weighted by molar-refractivity contribution is 7.19. The van der Waals surface area contributed by atoms with E-state index in [1.807, 2.05) is 6.07 Å². The first-order valence-corrected chi connectivity index (χ1v) is 6.31. The second kappa shape index (κ2) is 5.17. The van der Waals surface area contributed by atoms with E-state index in [4.69, 9.17) is 16.9 Å². The van der Waals surface area contributed by atoms with Gasteiger partial charge in [0.2, 0.25) is 0 Å². The highest BCUT2D eigenvalue weighted by Gasteiger charge is 2.12. The molecule has 0 fully saturated rings. The molecule has 6 heteroatoms. The second-order valence-electron chi connectivity index (χ2n) is 3.39. The third-order valence-corrected chi connectivity index (χ3v) is 3.59. The van der Waals surface area contributed by atoms with Gasteiger partial charge in [-0.05, 0) is 12.1 Å². The first-order chi connectivity index (χ1) is 8.67. The first-order valence-electron chi connectivity index (χ1n) is 4.95. The number of rotatable bonds is 2. The Morgan fingerprint density at radius 2 is 2.22 bits per heavy atom. The van der Waals surface area contributed by atoms with E-state index >= 15 is 0 Å². The lowest BCUT2D eigenvalue weighted by Crippen LogP contribution is -2.08. The minimum Gasteiger partial charge on any atom is -0.510 e. The molecule has 1 aromatic carbocycles. The van der Waals surface area contributed by atoms with Crippen molar-refractivity contribution >= 4 is 38.6 Å². The molecule has 0 unspecified atom stereocenters. The lowest BCUT2D eigenvalue weighted by Gasteiger charge is -2.01. The summed E-state index contributed by atoms with van der Waals surface area (Å²) >= 11 is 6.64. The molecule has 2 rings (SSSR count). The van der Waals surface area contributed by atoms with Gasteiger partial charge in [0.05, 0.1) is 11.3 Å². The Morgan fingerprint density at radius 1 is 1.50 bits per heavy atom. The SMILES string of the molecule is N#CC(=C(O)CCl)c1nc(=O)c2ccccc2s1. The number of alkyl halides is 1. The Morgan fingerprint density at radius 3 is 2.89 bits per heavy atom. The quantitative estimate of drug-likeness (QED) is 0.521. The van der Waals surface area contributed by atoms with Crippen molar-refractivity contribution in [2.75, 3.05) is 5.88 Å². The van der Waals surface area contributed by atoms with Crippen molar-refractivity contribution in [2.24, 2.45) is 0 Å². The van der Waals surface area contributed by atoms with E-state index in [1.165, 1.54) is 11.3 Å². The zero-order valence-electron chi connectivity index (χ0n) is 9.05. The standard InChI is InChI=1S/C12H7ClN2O2S/c13-5-9(16)8(6-14)12-15-11(17)7-3-1-2-4-10(7)18-12/h1-4,16H,5H2. The van der Waals surface area contributed by atoms with Gasteiger partial charge in [-0.15, -0.1) is 22.9 Å². The summed E-state index contributed by atoms with van der Waals surface area (Å²) < 4.78 is 0.711. The Balaban J connectivity index is 2.75. The van der Waals surface area contributed by atoms with Crippen LogP contribution in [0.25, 0.3) is 15.7 Å². The van der Waals surface area contributed by atoms with Gasteiger partial charge in [-0.3, -0.25) is 4.79 Å². The monoisotopic (exact) mass is 278 g/mol.